The van der Waals surface area contributed by atoms with Crippen LogP contribution in [0.3, 0.4) is 0 Å². The van der Waals surface area contributed by atoms with E-state index in [1.807, 2.05) is 24.3 Å². The Hall–Kier alpha value is -3.42. The molecule has 1 aromatic carbocycles. The molecule has 1 amide bonds. The number of benzene rings is 1. The van der Waals surface area contributed by atoms with Crippen molar-refractivity contribution in [2.45, 2.75) is 26.9 Å². The van der Waals surface area contributed by atoms with Crippen molar-refractivity contribution in [1.29, 1.82) is 0 Å². The Bertz CT molecular complexity index is 1000. The van der Waals surface area contributed by atoms with Crippen LogP contribution in [0.15, 0.2) is 41.3 Å². The second-order valence-corrected chi connectivity index (χ2v) is 6.18. The molecule has 0 saturated carbocycles. The number of carbonyl (C=O) groups excluding carboxylic acids is 1. The molecular weight excluding hydrogens is 346 g/mol. The van der Waals surface area contributed by atoms with Gasteiger partial charge in [0.1, 0.15) is 12.3 Å². The number of hydrogen-bond acceptors (Lipinski definition) is 5. The van der Waals surface area contributed by atoms with Gasteiger partial charge in [-0.2, -0.15) is 10.1 Å². The molecule has 3 rings (SSSR count). The lowest BCUT2D eigenvalue weighted by molar-refractivity contribution is -0.121. The minimum Gasteiger partial charge on any atom is -0.497 e. The van der Waals surface area contributed by atoms with E-state index in [9.17, 15) is 9.59 Å². The predicted octanol–water partition coefficient (Wildman–Crippen LogP) is 1.58. The fourth-order valence-corrected chi connectivity index (χ4v) is 2.81. The Morgan fingerprint density at radius 3 is 2.67 bits per heavy atom. The predicted molar refractivity (Wildman–Crippen MR) is 100 cm³/mol. The molecule has 140 valence electrons. The van der Waals surface area contributed by atoms with E-state index >= 15 is 0 Å². The summed E-state index contributed by atoms with van der Waals surface area (Å²) in [5.41, 5.74) is 3.52. The average Bonchev–Trinajstić information content (AvgIpc) is 3.11. The zero-order chi connectivity index (χ0) is 19.4. The number of carbonyl (C=O) groups is 1. The highest BCUT2D eigenvalue weighted by molar-refractivity contribution is 5.76. The zero-order valence-corrected chi connectivity index (χ0v) is 15.4. The molecule has 0 radical (unpaired) electrons. The lowest BCUT2D eigenvalue weighted by Crippen LogP contribution is -2.34. The Balaban J connectivity index is 1.68. The Morgan fingerprint density at radius 2 is 2.00 bits per heavy atom. The Morgan fingerprint density at radius 1 is 1.26 bits per heavy atom. The second kappa shape index (κ2) is 7.86. The highest BCUT2D eigenvalue weighted by Gasteiger charge is 2.12. The van der Waals surface area contributed by atoms with Crippen LogP contribution in [-0.4, -0.2) is 32.8 Å². The van der Waals surface area contributed by atoms with Gasteiger partial charge in [-0.1, -0.05) is 0 Å². The van der Waals surface area contributed by atoms with Crippen LogP contribution in [0.2, 0.25) is 0 Å². The fraction of sp³-hybridized carbons (Fsp3) is 0.263. The molecule has 8 nitrogen and oxygen atoms in total. The summed E-state index contributed by atoms with van der Waals surface area (Å²) in [6, 6.07) is 9.32. The molecule has 2 N–H and O–H groups in total. The van der Waals surface area contributed by atoms with Crippen molar-refractivity contribution in [1.82, 2.24) is 25.1 Å². The van der Waals surface area contributed by atoms with Crippen LogP contribution in [0.1, 0.15) is 17.0 Å². The first-order valence-corrected chi connectivity index (χ1v) is 8.46. The third-order valence-corrected chi connectivity index (χ3v) is 4.22. The van der Waals surface area contributed by atoms with Gasteiger partial charge in [0.25, 0.3) is 0 Å². The number of methoxy groups -OCH3 is 1. The molecule has 2 heterocycles. The lowest BCUT2D eigenvalue weighted by atomic mass is 10.1. The van der Waals surface area contributed by atoms with Gasteiger partial charge in [-0.25, -0.2) is 4.79 Å². The number of rotatable bonds is 6. The van der Waals surface area contributed by atoms with Crippen molar-refractivity contribution in [3.8, 4) is 17.0 Å². The van der Waals surface area contributed by atoms with E-state index in [4.69, 9.17) is 4.74 Å². The van der Waals surface area contributed by atoms with Crippen molar-refractivity contribution in [3.05, 3.63) is 64.0 Å². The van der Waals surface area contributed by atoms with Gasteiger partial charge in [-0.3, -0.25) is 14.5 Å². The molecule has 0 spiro atoms. The number of hydrogen-bond donors (Lipinski definition) is 2. The summed E-state index contributed by atoms with van der Waals surface area (Å²) in [5.74, 6) is 0.494. The lowest BCUT2D eigenvalue weighted by Gasteiger charge is -2.10. The van der Waals surface area contributed by atoms with Gasteiger partial charge in [0.2, 0.25) is 5.91 Å². The molecule has 27 heavy (non-hydrogen) atoms. The maximum Gasteiger partial charge on any atom is 0.348 e. The van der Waals surface area contributed by atoms with E-state index in [0.29, 0.717) is 17.9 Å². The van der Waals surface area contributed by atoms with E-state index in [1.165, 1.54) is 4.57 Å². The van der Waals surface area contributed by atoms with E-state index < -0.39 is 5.69 Å². The Kier molecular flexibility index (Phi) is 5.35. The molecule has 0 aliphatic rings. The molecule has 3 aromatic rings. The van der Waals surface area contributed by atoms with Gasteiger partial charge in [0.05, 0.1) is 19.0 Å². The summed E-state index contributed by atoms with van der Waals surface area (Å²) >= 11 is 0. The number of H-pyrrole nitrogens is 1. The summed E-state index contributed by atoms with van der Waals surface area (Å²) in [6.07, 6.45) is 1.67. The molecule has 0 aliphatic carbocycles. The van der Waals surface area contributed by atoms with Gasteiger partial charge < -0.3 is 10.1 Å². The first-order chi connectivity index (χ1) is 13.0. The normalized spacial score (nSPS) is 10.6. The number of nitrogens with one attached hydrogen (secondary N) is 2. The van der Waals surface area contributed by atoms with E-state index in [0.717, 1.165) is 22.6 Å². The van der Waals surface area contributed by atoms with Crippen molar-refractivity contribution in [2.24, 2.45) is 0 Å². The summed E-state index contributed by atoms with van der Waals surface area (Å²) in [4.78, 5) is 28.1. The minimum atomic E-state index is -0.426. The smallest absolute Gasteiger partial charge is 0.348 e. The van der Waals surface area contributed by atoms with Gasteiger partial charge in [-0.05, 0) is 44.2 Å². The van der Waals surface area contributed by atoms with Crippen molar-refractivity contribution < 1.29 is 9.53 Å². The van der Waals surface area contributed by atoms with Crippen molar-refractivity contribution >= 4 is 5.91 Å². The van der Waals surface area contributed by atoms with Gasteiger partial charge >= 0.3 is 5.69 Å². The summed E-state index contributed by atoms with van der Waals surface area (Å²) in [7, 11) is 1.61. The number of ether oxygens (including phenoxy) is 1. The van der Waals surface area contributed by atoms with Gasteiger partial charge in [0.15, 0.2) is 0 Å². The minimum absolute atomic E-state index is 0.0757. The van der Waals surface area contributed by atoms with Gasteiger partial charge in [-0.15, -0.1) is 0 Å². The quantitative estimate of drug-likeness (QED) is 0.689. The summed E-state index contributed by atoms with van der Waals surface area (Å²) < 4.78 is 6.51. The highest BCUT2D eigenvalue weighted by Crippen LogP contribution is 2.23. The maximum atomic E-state index is 12.3. The molecular formula is C19H21N5O3. The standard InChI is InChI=1S/C19H21N5O3/c1-12-8-13(2)24(19(26)22-12)11-17(25)20-9-15-10-21-23-18(15)14-4-6-16(27-3)7-5-14/h4-8,10H,9,11H2,1-3H3,(H,20,25)(H,21,23). The average molecular weight is 367 g/mol. The topological polar surface area (TPSA) is 102 Å². The summed E-state index contributed by atoms with van der Waals surface area (Å²) in [6.45, 7) is 3.75. The molecule has 8 heteroatoms. The van der Waals surface area contributed by atoms with E-state index in [1.54, 1.807) is 33.2 Å². The van der Waals surface area contributed by atoms with Crippen LogP contribution < -0.4 is 15.7 Å². The third kappa shape index (κ3) is 4.22. The monoisotopic (exact) mass is 367 g/mol. The first kappa shape index (κ1) is 18.4. The number of amides is 1. The summed E-state index contributed by atoms with van der Waals surface area (Å²) in [5, 5.41) is 9.84. The molecule has 2 aromatic heterocycles. The van der Waals surface area contributed by atoms with Crippen LogP contribution in [0.5, 0.6) is 5.75 Å². The van der Waals surface area contributed by atoms with Crippen LogP contribution in [0, 0.1) is 13.8 Å². The third-order valence-electron chi connectivity index (χ3n) is 4.22. The Labute approximate surface area is 156 Å². The SMILES string of the molecule is COc1ccc(-c2[nH]ncc2CNC(=O)Cn2c(C)cc(C)nc2=O)cc1. The van der Waals surface area contributed by atoms with Gasteiger partial charge in [0, 0.05) is 29.1 Å². The molecule has 0 aliphatic heterocycles. The molecule has 0 fully saturated rings. The fourth-order valence-electron chi connectivity index (χ4n) is 2.81. The van der Waals surface area contributed by atoms with Crippen LogP contribution in [0.25, 0.3) is 11.3 Å². The molecule has 0 atom stereocenters. The second-order valence-electron chi connectivity index (χ2n) is 6.18. The highest BCUT2D eigenvalue weighted by atomic mass is 16.5. The molecule has 0 bridgehead atoms. The van der Waals surface area contributed by atoms with E-state index in [2.05, 4.69) is 20.5 Å². The zero-order valence-electron chi connectivity index (χ0n) is 15.4. The van der Waals surface area contributed by atoms with Crippen LogP contribution in [-0.2, 0) is 17.9 Å². The number of aromatic nitrogens is 4. The largest absolute Gasteiger partial charge is 0.497 e. The first-order valence-electron chi connectivity index (χ1n) is 8.46. The van der Waals surface area contributed by atoms with Crippen molar-refractivity contribution in [2.75, 3.05) is 7.11 Å². The van der Waals surface area contributed by atoms with Crippen LogP contribution >= 0.6 is 0 Å². The van der Waals surface area contributed by atoms with Crippen LogP contribution in [0.4, 0.5) is 0 Å². The molecule has 0 unspecified atom stereocenters. The van der Waals surface area contributed by atoms with E-state index in [-0.39, 0.29) is 12.5 Å². The maximum absolute atomic E-state index is 12.3. The van der Waals surface area contributed by atoms with Crippen molar-refractivity contribution in [3.63, 3.8) is 0 Å². The number of aryl methyl sites for hydroxylation is 2. The number of aromatic amines is 1. The molecule has 0 saturated heterocycles. The number of nitrogens with zero attached hydrogens (tertiary/aromatic N) is 3.